The number of rotatable bonds is 6. The first-order valence-corrected chi connectivity index (χ1v) is 9.67. The minimum atomic E-state index is -0.916. The maximum atomic E-state index is 12.6. The lowest BCUT2D eigenvalue weighted by molar-refractivity contribution is -0.151. The maximum Gasteiger partial charge on any atom is 0.352 e. The molecule has 1 aliphatic heterocycles. The number of Topliss-reactive ketones (excluding diaryl/α,β-unsaturated/α-hetero) is 1. The summed E-state index contributed by atoms with van der Waals surface area (Å²) in [6.45, 7) is 2.00. The Labute approximate surface area is 174 Å². The molecular weight excluding hydrogens is 380 g/mol. The summed E-state index contributed by atoms with van der Waals surface area (Å²) in [4.78, 5) is 25.1. The van der Waals surface area contributed by atoms with Crippen molar-refractivity contribution in [2.45, 2.75) is 13.0 Å². The van der Waals surface area contributed by atoms with E-state index in [1.54, 1.807) is 43.3 Å². The molecule has 0 aliphatic carbocycles. The lowest BCUT2D eigenvalue weighted by atomic mass is 10.1. The van der Waals surface area contributed by atoms with Crippen LogP contribution in [0.1, 0.15) is 34.5 Å². The van der Waals surface area contributed by atoms with E-state index in [0.29, 0.717) is 22.6 Å². The van der Waals surface area contributed by atoms with E-state index in [0.717, 1.165) is 5.56 Å². The van der Waals surface area contributed by atoms with Crippen LogP contribution in [0.15, 0.2) is 84.6 Å². The van der Waals surface area contributed by atoms with Crippen molar-refractivity contribution in [3.05, 3.63) is 101 Å². The van der Waals surface area contributed by atoms with Crippen molar-refractivity contribution in [1.82, 2.24) is 0 Å². The fraction of sp³-hybridized carbons (Fsp3) is 0.120. The maximum absolute atomic E-state index is 12.6. The molecule has 1 aliphatic rings. The third-order valence-corrected chi connectivity index (χ3v) is 4.60. The second kappa shape index (κ2) is 8.66. The van der Waals surface area contributed by atoms with Gasteiger partial charge in [0.1, 0.15) is 11.5 Å². The highest BCUT2D eigenvalue weighted by Crippen LogP contribution is 2.36. The molecule has 0 spiro atoms. The van der Waals surface area contributed by atoms with Gasteiger partial charge >= 0.3 is 5.97 Å². The van der Waals surface area contributed by atoms with Crippen LogP contribution in [0.25, 0.3) is 6.08 Å². The SMILES string of the molecule is CCOC(=O)C(Oc1ccc2c(c1)O/C(=C\c1ccccc1)C2=O)c1ccccc1. The van der Waals surface area contributed by atoms with Crippen LogP contribution in [-0.4, -0.2) is 18.4 Å². The molecule has 150 valence electrons. The van der Waals surface area contributed by atoms with Gasteiger partial charge in [-0.25, -0.2) is 4.79 Å². The number of carbonyl (C=O) groups excluding carboxylic acids is 2. The highest BCUT2D eigenvalue weighted by atomic mass is 16.6. The van der Waals surface area contributed by atoms with Crippen LogP contribution in [0.2, 0.25) is 0 Å². The molecule has 0 radical (unpaired) electrons. The van der Waals surface area contributed by atoms with Gasteiger partial charge in [-0.05, 0) is 30.7 Å². The number of esters is 1. The van der Waals surface area contributed by atoms with Crippen LogP contribution in [0, 0.1) is 0 Å². The van der Waals surface area contributed by atoms with E-state index in [-0.39, 0.29) is 18.1 Å². The van der Waals surface area contributed by atoms with Crippen molar-refractivity contribution >= 4 is 17.8 Å². The summed E-state index contributed by atoms with van der Waals surface area (Å²) in [6.07, 6.45) is 0.787. The highest BCUT2D eigenvalue weighted by molar-refractivity contribution is 6.14. The van der Waals surface area contributed by atoms with Crippen LogP contribution < -0.4 is 9.47 Å². The van der Waals surface area contributed by atoms with Crippen LogP contribution in [0.5, 0.6) is 11.5 Å². The molecule has 0 aromatic heterocycles. The van der Waals surface area contributed by atoms with E-state index in [1.807, 2.05) is 48.5 Å². The van der Waals surface area contributed by atoms with Gasteiger partial charge in [0.25, 0.3) is 0 Å². The molecule has 3 aromatic rings. The van der Waals surface area contributed by atoms with Crippen molar-refractivity contribution < 1.29 is 23.8 Å². The zero-order valence-corrected chi connectivity index (χ0v) is 16.4. The molecule has 0 bridgehead atoms. The van der Waals surface area contributed by atoms with Crippen molar-refractivity contribution in [3.8, 4) is 11.5 Å². The Morgan fingerprint density at radius 3 is 2.40 bits per heavy atom. The molecule has 1 heterocycles. The fourth-order valence-electron chi connectivity index (χ4n) is 3.18. The molecule has 1 atom stereocenters. The van der Waals surface area contributed by atoms with E-state index in [4.69, 9.17) is 14.2 Å². The first kappa shape index (κ1) is 19.5. The highest BCUT2D eigenvalue weighted by Gasteiger charge is 2.29. The summed E-state index contributed by atoms with van der Waals surface area (Å²) in [5, 5.41) is 0. The molecule has 0 N–H and O–H groups in total. The van der Waals surface area contributed by atoms with E-state index in [2.05, 4.69) is 0 Å². The summed E-state index contributed by atoms with van der Waals surface area (Å²) in [6, 6.07) is 23.5. The Kier molecular flexibility index (Phi) is 5.61. The molecule has 5 nitrogen and oxygen atoms in total. The van der Waals surface area contributed by atoms with Gasteiger partial charge < -0.3 is 14.2 Å². The van der Waals surface area contributed by atoms with Gasteiger partial charge in [-0.1, -0.05) is 60.7 Å². The number of benzene rings is 3. The standard InChI is InChI=1S/C25H20O5/c1-2-28-25(27)24(18-11-7-4-8-12-18)29-19-13-14-20-21(16-19)30-22(23(20)26)15-17-9-5-3-6-10-17/h3-16,24H,2H2,1H3/b22-15-. The first-order chi connectivity index (χ1) is 14.7. The number of hydrogen-bond donors (Lipinski definition) is 0. The van der Waals surface area contributed by atoms with E-state index >= 15 is 0 Å². The molecule has 0 amide bonds. The fourth-order valence-corrected chi connectivity index (χ4v) is 3.18. The topological polar surface area (TPSA) is 61.8 Å². The Morgan fingerprint density at radius 1 is 1.00 bits per heavy atom. The average Bonchev–Trinajstić information content (AvgIpc) is 3.08. The van der Waals surface area contributed by atoms with Gasteiger partial charge in [-0.15, -0.1) is 0 Å². The number of fused-ring (bicyclic) bond motifs is 1. The third-order valence-electron chi connectivity index (χ3n) is 4.60. The Morgan fingerprint density at radius 2 is 1.70 bits per heavy atom. The molecule has 0 saturated heterocycles. The van der Waals surface area contributed by atoms with Crippen molar-refractivity contribution in [2.24, 2.45) is 0 Å². The van der Waals surface area contributed by atoms with E-state index < -0.39 is 12.1 Å². The zero-order chi connectivity index (χ0) is 20.9. The lowest BCUT2D eigenvalue weighted by Crippen LogP contribution is -2.21. The smallest absolute Gasteiger partial charge is 0.352 e. The predicted molar refractivity (Wildman–Crippen MR) is 112 cm³/mol. The second-order valence-corrected chi connectivity index (χ2v) is 6.67. The molecule has 30 heavy (non-hydrogen) atoms. The molecule has 4 rings (SSSR count). The monoisotopic (exact) mass is 400 g/mol. The quantitative estimate of drug-likeness (QED) is 0.431. The zero-order valence-electron chi connectivity index (χ0n) is 16.4. The summed E-state index contributed by atoms with van der Waals surface area (Å²) in [5.41, 5.74) is 2.01. The van der Waals surface area contributed by atoms with Gasteiger partial charge in [-0.2, -0.15) is 0 Å². The van der Waals surface area contributed by atoms with E-state index in [9.17, 15) is 9.59 Å². The van der Waals surface area contributed by atoms with Gasteiger partial charge in [0.15, 0.2) is 5.76 Å². The number of carbonyl (C=O) groups is 2. The number of allylic oxidation sites excluding steroid dienone is 1. The molecule has 0 saturated carbocycles. The van der Waals surface area contributed by atoms with Crippen LogP contribution in [-0.2, 0) is 9.53 Å². The van der Waals surface area contributed by atoms with Crippen molar-refractivity contribution in [2.75, 3.05) is 6.61 Å². The Bertz CT molecular complexity index is 1090. The summed E-state index contributed by atoms with van der Waals surface area (Å²) < 4.78 is 16.9. The first-order valence-electron chi connectivity index (χ1n) is 9.67. The van der Waals surface area contributed by atoms with Crippen LogP contribution >= 0.6 is 0 Å². The number of ether oxygens (including phenoxy) is 3. The normalized spacial score (nSPS) is 14.7. The van der Waals surface area contributed by atoms with Crippen molar-refractivity contribution in [1.29, 1.82) is 0 Å². The molecule has 3 aromatic carbocycles. The minimum absolute atomic E-state index is 0.189. The Balaban J connectivity index is 1.59. The molecular formula is C25H20O5. The number of hydrogen-bond acceptors (Lipinski definition) is 5. The average molecular weight is 400 g/mol. The molecule has 1 unspecified atom stereocenters. The lowest BCUT2D eigenvalue weighted by Gasteiger charge is -2.18. The summed E-state index contributed by atoms with van der Waals surface area (Å²) in [5.74, 6) is 0.384. The van der Waals surface area contributed by atoms with E-state index in [1.165, 1.54) is 0 Å². The summed E-state index contributed by atoms with van der Waals surface area (Å²) in [7, 11) is 0. The molecule has 0 fully saturated rings. The van der Waals surface area contributed by atoms with Crippen molar-refractivity contribution in [3.63, 3.8) is 0 Å². The molecule has 5 heteroatoms. The van der Waals surface area contributed by atoms with Gasteiger partial charge in [0, 0.05) is 11.6 Å². The second-order valence-electron chi connectivity index (χ2n) is 6.67. The van der Waals surface area contributed by atoms with Gasteiger partial charge in [0.05, 0.1) is 12.2 Å². The summed E-state index contributed by atoms with van der Waals surface area (Å²) >= 11 is 0. The Hall–Kier alpha value is -3.86. The predicted octanol–water partition coefficient (Wildman–Crippen LogP) is 4.99. The van der Waals surface area contributed by atoms with Crippen LogP contribution in [0.4, 0.5) is 0 Å². The largest absolute Gasteiger partial charge is 0.474 e. The third kappa shape index (κ3) is 4.10. The van der Waals surface area contributed by atoms with Gasteiger partial charge in [0.2, 0.25) is 11.9 Å². The minimum Gasteiger partial charge on any atom is -0.474 e. The van der Waals surface area contributed by atoms with Crippen LogP contribution in [0.3, 0.4) is 0 Å². The number of ketones is 1. The van der Waals surface area contributed by atoms with Gasteiger partial charge in [-0.3, -0.25) is 4.79 Å².